The van der Waals surface area contributed by atoms with Gasteiger partial charge in [0.25, 0.3) is 10.0 Å². The van der Waals surface area contributed by atoms with Crippen LogP contribution < -0.4 is 14.8 Å². The van der Waals surface area contributed by atoms with Gasteiger partial charge in [0.15, 0.2) is 5.03 Å². The first-order chi connectivity index (χ1) is 13.1. The smallest absolute Gasteiger partial charge is 0.343 e. The number of carbonyl (C=O) groups excluding carboxylic acids is 2. The molecule has 0 radical (unpaired) electrons. The molecule has 2 aromatic rings. The molecular formula is C14H17BrN6O6S. The largest absolute Gasteiger partial charge is 0.481 e. The van der Waals surface area contributed by atoms with Gasteiger partial charge in [0.1, 0.15) is 10.2 Å². The van der Waals surface area contributed by atoms with Crippen molar-refractivity contribution in [1.29, 1.82) is 0 Å². The highest BCUT2D eigenvalue weighted by atomic mass is 79.9. The molecule has 28 heavy (non-hydrogen) atoms. The number of aromatic nitrogens is 4. The van der Waals surface area contributed by atoms with E-state index in [0.29, 0.717) is 5.69 Å². The third kappa shape index (κ3) is 4.75. The van der Waals surface area contributed by atoms with Crippen LogP contribution in [0, 0.1) is 6.92 Å². The van der Waals surface area contributed by atoms with Crippen LogP contribution >= 0.6 is 15.9 Å². The van der Waals surface area contributed by atoms with Gasteiger partial charge in [0.2, 0.25) is 11.8 Å². The number of hydrogen-bond donors (Lipinski definition) is 2. The Morgan fingerprint density at radius 3 is 2.61 bits per heavy atom. The van der Waals surface area contributed by atoms with Crippen LogP contribution in [0.25, 0.3) is 0 Å². The average Bonchev–Trinajstić information content (AvgIpc) is 2.88. The van der Waals surface area contributed by atoms with Gasteiger partial charge < -0.3 is 9.47 Å². The molecule has 0 atom stereocenters. The minimum atomic E-state index is -4.49. The van der Waals surface area contributed by atoms with Crippen molar-refractivity contribution in [1.82, 2.24) is 24.5 Å². The topological polar surface area (TPSA) is 154 Å². The number of nitrogens with one attached hydrogen (secondary N) is 2. The maximum Gasteiger partial charge on any atom is 0.343 e. The van der Waals surface area contributed by atoms with Crippen LogP contribution in [0.4, 0.5) is 10.7 Å². The Morgan fingerprint density at radius 2 is 2.00 bits per heavy atom. The number of halogens is 1. The fourth-order valence-electron chi connectivity index (χ4n) is 2.16. The van der Waals surface area contributed by atoms with E-state index in [1.54, 1.807) is 18.6 Å². The summed E-state index contributed by atoms with van der Waals surface area (Å²) in [6.07, 6.45) is 0. The zero-order valence-corrected chi connectivity index (χ0v) is 17.7. The number of hydrogen-bond acceptors (Lipinski definition) is 9. The summed E-state index contributed by atoms with van der Waals surface area (Å²) < 4.78 is 37.8. The second-order valence-electron chi connectivity index (χ2n) is 5.25. The monoisotopic (exact) mass is 476 g/mol. The summed E-state index contributed by atoms with van der Waals surface area (Å²) in [4.78, 5) is 32.1. The second-order valence-corrected chi connectivity index (χ2v) is 7.60. The molecule has 0 saturated heterocycles. The maximum absolute atomic E-state index is 12.7. The van der Waals surface area contributed by atoms with Gasteiger partial charge in [-0.25, -0.2) is 19.3 Å². The minimum absolute atomic E-state index is 0.0279. The Labute approximate surface area is 168 Å². The highest BCUT2D eigenvalue weighted by molar-refractivity contribution is 9.10. The predicted molar refractivity (Wildman–Crippen MR) is 99.5 cm³/mol. The summed E-state index contributed by atoms with van der Waals surface area (Å²) in [5.74, 6) is -0.887. The van der Waals surface area contributed by atoms with Gasteiger partial charge in [0, 0.05) is 18.8 Å². The average molecular weight is 477 g/mol. The predicted octanol–water partition coefficient (Wildman–Crippen LogP) is 0.977. The first kappa shape index (κ1) is 21.6. The standard InChI is InChI=1S/C14H17BrN6O6S/c1-5-27-12(22)9-10(15)19-21(3)11(9)28(24,25)20-14(23)18-13-16-7(2)6-8(17-13)26-4/h6H,5H2,1-4H3,(H2,16,17,18,20,23). The van der Waals surface area contributed by atoms with Crippen molar-refractivity contribution < 1.29 is 27.5 Å². The zero-order valence-electron chi connectivity index (χ0n) is 15.3. The van der Waals surface area contributed by atoms with Crippen molar-refractivity contribution in [3.63, 3.8) is 0 Å². The molecule has 2 aromatic heterocycles. The number of sulfonamides is 1. The van der Waals surface area contributed by atoms with Crippen molar-refractivity contribution in [3.05, 3.63) is 21.9 Å². The Kier molecular flexibility index (Phi) is 6.56. The molecule has 0 spiro atoms. The Balaban J connectivity index is 2.30. The van der Waals surface area contributed by atoms with E-state index in [1.807, 2.05) is 0 Å². The van der Waals surface area contributed by atoms with E-state index < -0.39 is 27.0 Å². The molecule has 2 N–H and O–H groups in total. The molecule has 0 aromatic carbocycles. The third-order valence-electron chi connectivity index (χ3n) is 3.18. The van der Waals surface area contributed by atoms with E-state index in [-0.39, 0.29) is 28.6 Å². The van der Waals surface area contributed by atoms with Gasteiger partial charge in [-0.15, -0.1) is 0 Å². The Morgan fingerprint density at radius 1 is 1.32 bits per heavy atom. The highest BCUT2D eigenvalue weighted by Gasteiger charge is 2.33. The molecule has 2 heterocycles. The third-order valence-corrected chi connectivity index (χ3v) is 5.16. The van der Waals surface area contributed by atoms with Crippen LogP contribution in [0.3, 0.4) is 0 Å². The molecule has 0 fully saturated rings. The summed E-state index contributed by atoms with van der Waals surface area (Å²) in [5.41, 5.74) is 0.156. The van der Waals surface area contributed by atoms with Crippen LogP contribution in [0.15, 0.2) is 15.7 Å². The SMILES string of the molecule is CCOC(=O)c1c(Br)nn(C)c1S(=O)(=O)NC(=O)Nc1nc(C)cc(OC)n1. The highest BCUT2D eigenvalue weighted by Crippen LogP contribution is 2.24. The molecule has 0 unspecified atom stereocenters. The number of esters is 1. The molecule has 0 aliphatic carbocycles. The van der Waals surface area contributed by atoms with E-state index >= 15 is 0 Å². The lowest BCUT2D eigenvalue weighted by Gasteiger charge is -2.10. The van der Waals surface area contributed by atoms with Gasteiger partial charge in [-0.05, 0) is 29.8 Å². The Bertz CT molecular complexity index is 1020. The van der Waals surface area contributed by atoms with Crippen LogP contribution in [-0.2, 0) is 21.8 Å². The number of carbonyl (C=O) groups is 2. The van der Waals surface area contributed by atoms with E-state index in [4.69, 9.17) is 9.47 Å². The lowest BCUT2D eigenvalue weighted by Crippen LogP contribution is -2.36. The van der Waals surface area contributed by atoms with E-state index in [1.165, 1.54) is 20.2 Å². The molecule has 0 saturated carbocycles. The number of urea groups is 1. The number of nitrogens with zero attached hydrogens (tertiary/aromatic N) is 4. The van der Waals surface area contributed by atoms with E-state index in [2.05, 4.69) is 36.3 Å². The fraction of sp³-hybridized carbons (Fsp3) is 0.357. The van der Waals surface area contributed by atoms with E-state index in [0.717, 1.165) is 4.68 Å². The normalized spacial score (nSPS) is 11.0. The number of ether oxygens (including phenoxy) is 2. The molecule has 12 nitrogen and oxygen atoms in total. The summed E-state index contributed by atoms with van der Waals surface area (Å²) in [7, 11) is -1.81. The summed E-state index contributed by atoms with van der Waals surface area (Å²) in [6.45, 7) is 3.24. The van der Waals surface area contributed by atoms with Gasteiger partial charge in [-0.2, -0.15) is 18.5 Å². The first-order valence-electron chi connectivity index (χ1n) is 7.72. The van der Waals surface area contributed by atoms with Crippen LogP contribution in [-0.4, -0.2) is 53.9 Å². The molecule has 2 rings (SSSR count). The first-order valence-corrected chi connectivity index (χ1v) is 9.99. The molecule has 2 amide bonds. The molecule has 0 aliphatic heterocycles. The Hall–Kier alpha value is -2.74. The number of aryl methyl sites for hydroxylation is 2. The van der Waals surface area contributed by atoms with Crippen LogP contribution in [0.1, 0.15) is 23.0 Å². The number of amides is 2. The zero-order chi connectivity index (χ0) is 21.1. The maximum atomic E-state index is 12.7. The van der Waals surface area contributed by atoms with Crippen molar-refractivity contribution in [2.45, 2.75) is 18.9 Å². The van der Waals surface area contributed by atoms with Crippen molar-refractivity contribution in [3.8, 4) is 5.88 Å². The molecule has 0 bridgehead atoms. The lowest BCUT2D eigenvalue weighted by atomic mass is 10.4. The van der Waals surface area contributed by atoms with Crippen molar-refractivity contribution in [2.75, 3.05) is 19.0 Å². The quantitative estimate of drug-likeness (QED) is 0.580. The number of anilines is 1. The van der Waals surface area contributed by atoms with Crippen molar-refractivity contribution >= 4 is 43.9 Å². The molecule has 152 valence electrons. The second kappa shape index (κ2) is 8.52. The lowest BCUT2D eigenvalue weighted by molar-refractivity contribution is 0.0520. The number of methoxy groups -OCH3 is 1. The van der Waals surface area contributed by atoms with Gasteiger partial charge in [0.05, 0.1) is 13.7 Å². The fourth-order valence-corrected chi connectivity index (χ4v) is 4.11. The van der Waals surface area contributed by atoms with Crippen molar-refractivity contribution in [2.24, 2.45) is 7.05 Å². The number of rotatable bonds is 6. The molecule has 0 aliphatic rings. The molecular weight excluding hydrogens is 460 g/mol. The summed E-state index contributed by atoms with van der Waals surface area (Å²) in [6, 6.07) is 0.387. The summed E-state index contributed by atoms with van der Waals surface area (Å²) in [5, 5.41) is 5.50. The van der Waals surface area contributed by atoms with Gasteiger partial charge in [-0.3, -0.25) is 10.00 Å². The summed E-state index contributed by atoms with van der Waals surface area (Å²) >= 11 is 3.02. The van der Waals surface area contributed by atoms with Crippen LogP contribution in [0.5, 0.6) is 5.88 Å². The van der Waals surface area contributed by atoms with Gasteiger partial charge >= 0.3 is 12.0 Å². The molecule has 14 heteroatoms. The minimum Gasteiger partial charge on any atom is -0.481 e. The van der Waals surface area contributed by atoms with Crippen LogP contribution in [0.2, 0.25) is 0 Å². The van der Waals surface area contributed by atoms with E-state index in [9.17, 15) is 18.0 Å². The van der Waals surface area contributed by atoms with Gasteiger partial charge in [-0.1, -0.05) is 0 Å².